The molecule has 2 unspecified atom stereocenters. The van der Waals surface area contributed by atoms with Crippen LogP contribution >= 0.6 is 0 Å². The number of carboxylic acids is 1. The second kappa shape index (κ2) is 63.2. The van der Waals surface area contributed by atoms with Gasteiger partial charge in [0, 0.05) is 12.8 Å². The molecule has 0 aromatic carbocycles. The Hall–Kier alpha value is -4.83. The summed E-state index contributed by atoms with van der Waals surface area (Å²) in [5.41, 5.74) is 0. The van der Waals surface area contributed by atoms with E-state index in [-0.39, 0.29) is 38.6 Å². The average Bonchev–Trinajstić information content (AvgIpc) is 3.46. The standard InChI is InChI=1S/C74H121NO8/c1-6-8-10-12-14-16-18-20-22-24-25-26-27-28-29-30-31-32-33-34-35-36-37-38-39-40-41-42-43-44-45-46-47-49-51-53-55-57-59-61-63-65-72(77)83-70(69-82-74(73(78)79)80-67-66-75(3,4)5)68-81-71(76)64-62-60-58-56-54-52-50-48-23-21-19-17-15-13-11-9-7-2/h8-11,14-17,20-23,25-26,28-29,31-32,34-35,37-38,40-41,70,74H,6-7,12-13,18-19,24,27,30,33,36,39,42-69H2,1-5H3/p+1/b10-8-,11-9-,16-14-,17-15-,22-20-,23-21-,26-25-,29-28-,32-31-,35-34-,38-37-,41-40-. The summed E-state index contributed by atoms with van der Waals surface area (Å²) in [5.74, 6) is -2.03. The van der Waals surface area contributed by atoms with E-state index in [1.54, 1.807) is 0 Å². The summed E-state index contributed by atoms with van der Waals surface area (Å²) in [5, 5.41) is 9.72. The molecule has 0 saturated carbocycles. The number of nitrogens with zero attached hydrogens (tertiary/aromatic N) is 1. The summed E-state index contributed by atoms with van der Waals surface area (Å²) in [6.45, 7) is 4.63. The third-order valence-corrected chi connectivity index (χ3v) is 13.6. The van der Waals surface area contributed by atoms with Crippen molar-refractivity contribution in [2.45, 2.75) is 257 Å². The molecule has 0 spiro atoms. The number of hydrogen-bond acceptors (Lipinski definition) is 7. The van der Waals surface area contributed by atoms with Crippen LogP contribution in [0.5, 0.6) is 0 Å². The number of likely N-dealkylation sites (N-methyl/N-ethyl adjacent to an activating group) is 1. The van der Waals surface area contributed by atoms with Crippen LogP contribution in [0.25, 0.3) is 0 Å². The lowest BCUT2D eigenvalue weighted by atomic mass is 10.0. The molecule has 0 rings (SSSR count). The fourth-order valence-corrected chi connectivity index (χ4v) is 8.61. The Morgan fingerprint density at radius 2 is 0.651 bits per heavy atom. The van der Waals surface area contributed by atoms with Gasteiger partial charge in [0.1, 0.15) is 13.2 Å². The van der Waals surface area contributed by atoms with E-state index in [1.807, 2.05) is 21.1 Å². The Balaban J connectivity index is 4.11. The van der Waals surface area contributed by atoms with Gasteiger partial charge in [0.05, 0.1) is 34.4 Å². The molecule has 9 nitrogen and oxygen atoms in total. The Labute approximate surface area is 509 Å². The van der Waals surface area contributed by atoms with Gasteiger partial charge in [-0.1, -0.05) is 262 Å². The predicted octanol–water partition coefficient (Wildman–Crippen LogP) is 20.3. The second-order valence-electron chi connectivity index (χ2n) is 22.7. The minimum absolute atomic E-state index is 0.180. The number of carbonyl (C=O) groups excluding carboxylic acids is 2. The van der Waals surface area contributed by atoms with Crippen molar-refractivity contribution in [1.82, 2.24) is 0 Å². The normalized spacial score (nSPS) is 13.7. The molecule has 0 radical (unpaired) electrons. The molecule has 0 aromatic heterocycles. The number of esters is 2. The molecule has 0 fully saturated rings. The topological polar surface area (TPSA) is 108 Å². The number of carboxylic acid groups (broad SMARTS) is 1. The molecule has 0 aliphatic rings. The van der Waals surface area contributed by atoms with Gasteiger partial charge < -0.3 is 28.5 Å². The van der Waals surface area contributed by atoms with Crippen molar-refractivity contribution in [3.05, 3.63) is 146 Å². The molecule has 0 heterocycles. The van der Waals surface area contributed by atoms with E-state index >= 15 is 0 Å². The molecule has 0 aliphatic carbocycles. The third kappa shape index (κ3) is 64.6. The van der Waals surface area contributed by atoms with Gasteiger partial charge in [-0.3, -0.25) is 9.59 Å². The van der Waals surface area contributed by atoms with Crippen LogP contribution in [-0.4, -0.2) is 87.4 Å². The van der Waals surface area contributed by atoms with Gasteiger partial charge in [0.25, 0.3) is 6.29 Å². The zero-order valence-corrected chi connectivity index (χ0v) is 53.5. The van der Waals surface area contributed by atoms with Crippen LogP contribution in [0.2, 0.25) is 0 Å². The highest BCUT2D eigenvalue weighted by Crippen LogP contribution is 2.16. The van der Waals surface area contributed by atoms with Crippen molar-refractivity contribution < 1.29 is 42.9 Å². The average molecular weight is 1150 g/mol. The fourth-order valence-electron chi connectivity index (χ4n) is 8.61. The number of rotatable bonds is 59. The Kier molecular flexibility index (Phi) is 59.5. The van der Waals surface area contributed by atoms with Crippen LogP contribution in [0.4, 0.5) is 0 Å². The molecule has 83 heavy (non-hydrogen) atoms. The monoisotopic (exact) mass is 1150 g/mol. The summed E-state index contributed by atoms with van der Waals surface area (Å²) in [4.78, 5) is 37.5. The lowest BCUT2D eigenvalue weighted by molar-refractivity contribution is -0.870. The Morgan fingerprint density at radius 3 is 0.964 bits per heavy atom. The third-order valence-electron chi connectivity index (χ3n) is 13.6. The van der Waals surface area contributed by atoms with Gasteiger partial charge >= 0.3 is 17.9 Å². The van der Waals surface area contributed by atoms with Crippen molar-refractivity contribution in [2.24, 2.45) is 0 Å². The first-order valence-corrected chi connectivity index (χ1v) is 33.0. The zero-order chi connectivity index (χ0) is 60.5. The highest BCUT2D eigenvalue weighted by molar-refractivity contribution is 5.71. The number of ether oxygens (including phenoxy) is 4. The lowest BCUT2D eigenvalue weighted by Crippen LogP contribution is -2.40. The molecular formula is C74H122NO8+. The largest absolute Gasteiger partial charge is 0.477 e. The number of unbranched alkanes of at least 4 members (excludes halogenated alkanes) is 20. The first kappa shape index (κ1) is 78.2. The van der Waals surface area contributed by atoms with Gasteiger partial charge in [-0.05, 0) is 116 Å². The first-order chi connectivity index (χ1) is 40.6. The van der Waals surface area contributed by atoms with Crippen molar-refractivity contribution in [2.75, 3.05) is 47.5 Å². The molecule has 9 heteroatoms. The second-order valence-corrected chi connectivity index (χ2v) is 22.7. The van der Waals surface area contributed by atoms with Gasteiger partial charge in [-0.25, -0.2) is 4.79 Å². The molecule has 0 bridgehead atoms. The Morgan fingerprint density at radius 1 is 0.361 bits per heavy atom. The van der Waals surface area contributed by atoms with E-state index in [4.69, 9.17) is 18.9 Å². The summed E-state index contributed by atoms with van der Waals surface area (Å²) < 4.78 is 22.9. The Bertz CT molecular complexity index is 1870. The molecule has 1 N–H and O–H groups in total. The summed E-state index contributed by atoms with van der Waals surface area (Å²) in [7, 11) is 5.96. The minimum atomic E-state index is -1.52. The fraction of sp³-hybridized carbons (Fsp3) is 0.635. The minimum Gasteiger partial charge on any atom is -0.477 e. The van der Waals surface area contributed by atoms with Gasteiger partial charge in [-0.2, -0.15) is 0 Å². The molecule has 0 aliphatic heterocycles. The highest BCUT2D eigenvalue weighted by Gasteiger charge is 2.25. The maximum Gasteiger partial charge on any atom is 0.361 e. The molecule has 0 saturated heterocycles. The van der Waals surface area contributed by atoms with Crippen LogP contribution in [0.15, 0.2) is 146 Å². The first-order valence-electron chi connectivity index (χ1n) is 33.0. The van der Waals surface area contributed by atoms with E-state index in [0.29, 0.717) is 17.4 Å². The SMILES string of the molecule is CC/C=C\C/C=C\C/C=C\C/C=C\C/C=C\C/C=C\C/C=C\C/C=C\C/C=C\CCCCCCCCCCCCCCCC(=O)OC(COC(=O)CCCCCCCCC/C=C\C/C=C\C/C=C\CC)COC(OCC[N+](C)(C)C)C(=O)O. The number of aliphatic carboxylic acids is 1. The quantitative estimate of drug-likeness (QED) is 0.0211. The van der Waals surface area contributed by atoms with E-state index in [1.165, 1.54) is 83.5 Å². The summed E-state index contributed by atoms with van der Waals surface area (Å²) in [6, 6.07) is 0. The maximum absolute atomic E-state index is 12.9. The van der Waals surface area contributed by atoms with E-state index in [2.05, 4.69) is 160 Å². The summed E-state index contributed by atoms with van der Waals surface area (Å²) >= 11 is 0. The molecule has 470 valence electrons. The molecule has 0 amide bonds. The maximum atomic E-state index is 12.9. The lowest BCUT2D eigenvalue weighted by Gasteiger charge is -2.25. The van der Waals surface area contributed by atoms with Crippen LogP contribution in [-0.2, 0) is 33.3 Å². The number of quaternary nitrogens is 1. The zero-order valence-electron chi connectivity index (χ0n) is 53.5. The number of hydrogen-bond donors (Lipinski definition) is 1. The summed E-state index contributed by atoms with van der Waals surface area (Å²) in [6.07, 6.45) is 89.5. The van der Waals surface area contributed by atoms with Crippen molar-refractivity contribution >= 4 is 17.9 Å². The smallest absolute Gasteiger partial charge is 0.361 e. The van der Waals surface area contributed by atoms with Gasteiger partial charge in [-0.15, -0.1) is 0 Å². The number of allylic oxidation sites excluding steroid dienone is 24. The predicted molar refractivity (Wildman–Crippen MR) is 354 cm³/mol. The number of carbonyl (C=O) groups is 3. The van der Waals surface area contributed by atoms with Crippen molar-refractivity contribution in [3.8, 4) is 0 Å². The van der Waals surface area contributed by atoms with E-state index in [0.717, 1.165) is 128 Å². The van der Waals surface area contributed by atoms with Gasteiger partial charge in [0.15, 0.2) is 6.10 Å². The van der Waals surface area contributed by atoms with Crippen LogP contribution in [0, 0.1) is 0 Å². The van der Waals surface area contributed by atoms with Crippen LogP contribution < -0.4 is 0 Å². The molecule has 2 atom stereocenters. The highest BCUT2D eigenvalue weighted by atomic mass is 16.7. The van der Waals surface area contributed by atoms with Crippen LogP contribution in [0.3, 0.4) is 0 Å². The van der Waals surface area contributed by atoms with E-state index < -0.39 is 24.3 Å². The van der Waals surface area contributed by atoms with Crippen molar-refractivity contribution in [1.29, 1.82) is 0 Å². The van der Waals surface area contributed by atoms with Crippen LogP contribution in [0.1, 0.15) is 245 Å². The molecule has 0 aromatic rings. The van der Waals surface area contributed by atoms with Crippen molar-refractivity contribution in [3.63, 3.8) is 0 Å². The van der Waals surface area contributed by atoms with Gasteiger partial charge in [0.2, 0.25) is 0 Å². The molecular weight excluding hydrogens is 1030 g/mol. The van der Waals surface area contributed by atoms with E-state index in [9.17, 15) is 19.5 Å².